The van der Waals surface area contributed by atoms with Crippen molar-refractivity contribution in [1.82, 2.24) is 0 Å². The van der Waals surface area contributed by atoms with E-state index in [4.69, 9.17) is 18.9 Å². The first-order chi connectivity index (χ1) is 17.1. The highest BCUT2D eigenvalue weighted by molar-refractivity contribution is 5.80. The van der Waals surface area contributed by atoms with Gasteiger partial charge in [0.1, 0.15) is 35.6 Å². The predicted molar refractivity (Wildman–Crippen MR) is 129 cm³/mol. The molecule has 0 bridgehead atoms. The molecule has 2 N–H and O–H groups in total. The molecule has 1 aromatic carbocycles. The number of fused-ring (bicyclic) bond motifs is 3. The van der Waals surface area contributed by atoms with Gasteiger partial charge in [-0.2, -0.15) is 0 Å². The quantitative estimate of drug-likeness (QED) is 0.439. The minimum Gasteiger partial charge on any atom is -0.508 e. The van der Waals surface area contributed by atoms with Crippen LogP contribution in [0.4, 0.5) is 0 Å². The van der Waals surface area contributed by atoms with E-state index in [2.05, 4.69) is 0 Å². The first kappa shape index (κ1) is 28.4. The van der Waals surface area contributed by atoms with E-state index in [1.54, 1.807) is 19.1 Å². The molecule has 0 aliphatic heterocycles. The number of ether oxygens (including phenoxy) is 4. The van der Waals surface area contributed by atoms with Crippen LogP contribution in [0.2, 0.25) is 0 Å². The molecule has 3 rings (SSSR count). The van der Waals surface area contributed by atoms with Gasteiger partial charge in [0.15, 0.2) is 0 Å². The second-order valence-corrected chi connectivity index (χ2v) is 10.6. The van der Waals surface area contributed by atoms with Crippen molar-refractivity contribution in [3.8, 4) is 5.75 Å². The van der Waals surface area contributed by atoms with Crippen molar-refractivity contribution in [2.45, 2.75) is 90.6 Å². The molecule has 37 heavy (non-hydrogen) atoms. The monoisotopic (exact) mass is 520 g/mol. The van der Waals surface area contributed by atoms with E-state index in [9.17, 15) is 29.4 Å². The van der Waals surface area contributed by atoms with Gasteiger partial charge in [0, 0.05) is 44.1 Å². The van der Waals surface area contributed by atoms with Crippen LogP contribution in [-0.2, 0) is 43.5 Å². The maximum Gasteiger partial charge on any atom is 0.315 e. The third-order valence-corrected chi connectivity index (χ3v) is 7.94. The maximum absolute atomic E-state index is 13.5. The Hall–Kier alpha value is -3.14. The van der Waals surface area contributed by atoms with Gasteiger partial charge in [-0.05, 0) is 30.0 Å². The SMILES string of the molecule is COC(=O)[C@@]1(C)[C@H]2[C@@H](OC(C)=O)[C@@H](O)c3cc(C(C)C)cc(O)c3[C@@]2(C)[C@@H](OC(C)=O)C[C@H]1OC(C)=O. The van der Waals surface area contributed by atoms with Gasteiger partial charge in [-0.15, -0.1) is 0 Å². The Kier molecular flexibility index (Phi) is 7.66. The lowest BCUT2D eigenvalue weighted by Crippen LogP contribution is -2.70. The van der Waals surface area contributed by atoms with Gasteiger partial charge in [-0.1, -0.05) is 26.8 Å². The number of aromatic hydroxyl groups is 1. The molecule has 0 aromatic heterocycles. The second-order valence-electron chi connectivity index (χ2n) is 10.6. The van der Waals surface area contributed by atoms with Crippen LogP contribution in [-0.4, -0.2) is 59.5 Å². The highest BCUT2D eigenvalue weighted by Gasteiger charge is 2.71. The van der Waals surface area contributed by atoms with E-state index in [1.807, 2.05) is 13.8 Å². The zero-order chi connectivity index (χ0) is 28.0. The van der Waals surface area contributed by atoms with Gasteiger partial charge < -0.3 is 29.2 Å². The van der Waals surface area contributed by atoms with E-state index in [-0.39, 0.29) is 23.7 Å². The maximum atomic E-state index is 13.5. The molecular formula is C27H36O10. The van der Waals surface area contributed by atoms with Crippen LogP contribution < -0.4 is 0 Å². The van der Waals surface area contributed by atoms with Crippen LogP contribution in [0.3, 0.4) is 0 Å². The Labute approximate surface area is 216 Å². The highest BCUT2D eigenvalue weighted by Crippen LogP contribution is 2.63. The number of phenols is 1. The average molecular weight is 521 g/mol. The van der Waals surface area contributed by atoms with Crippen LogP contribution in [0.5, 0.6) is 5.75 Å². The van der Waals surface area contributed by atoms with Crippen molar-refractivity contribution in [1.29, 1.82) is 0 Å². The molecule has 204 valence electrons. The molecule has 0 radical (unpaired) electrons. The lowest BCUT2D eigenvalue weighted by Gasteiger charge is -2.61. The normalized spacial score (nSPS) is 32.5. The summed E-state index contributed by atoms with van der Waals surface area (Å²) in [5, 5.41) is 23.0. The molecule has 0 spiro atoms. The number of methoxy groups -OCH3 is 1. The van der Waals surface area contributed by atoms with Crippen LogP contribution >= 0.6 is 0 Å². The number of esters is 4. The number of benzene rings is 1. The Morgan fingerprint density at radius 3 is 1.97 bits per heavy atom. The van der Waals surface area contributed by atoms with E-state index in [0.717, 1.165) is 5.56 Å². The first-order valence-electron chi connectivity index (χ1n) is 12.3. The number of carbonyl (C=O) groups excluding carboxylic acids is 4. The summed E-state index contributed by atoms with van der Waals surface area (Å²) in [6.45, 7) is 10.6. The predicted octanol–water partition coefficient (Wildman–Crippen LogP) is 2.81. The summed E-state index contributed by atoms with van der Waals surface area (Å²) in [5.74, 6) is -4.13. The fourth-order valence-electron chi connectivity index (χ4n) is 6.43. The van der Waals surface area contributed by atoms with Crippen LogP contribution in [0, 0.1) is 11.3 Å². The van der Waals surface area contributed by atoms with Crippen molar-refractivity contribution in [2.75, 3.05) is 7.11 Å². The van der Waals surface area contributed by atoms with Crippen LogP contribution in [0.1, 0.15) is 83.6 Å². The summed E-state index contributed by atoms with van der Waals surface area (Å²) in [6.07, 6.45) is -5.09. The van der Waals surface area contributed by atoms with Gasteiger partial charge in [-0.25, -0.2) is 0 Å². The Morgan fingerprint density at radius 2 is 1.49 bits per heavy atom. The van der Waals surface area contributed by atoms with E-state index < -0.39 is 65.0 Å². The summed E-state index contributed by atoms with van der Waals surface area (Å²) in [5.41, 5.74) is -1.76. The van der Waals surface area contributed by atoms with Crippen molar-refractivity contribution < 1.29 is 48.3 Å². The molecule has 0 unspecified atom stereocenters. The summed E-state index contributed by atoms with van der Waals surface area (Å²) < 4.78 is 22.1. The average Bonchev–Trinajstić information content (AvgIpc) is 2.78. The van der Waals surface area contributed by atoms with E-state index in [0.29, 0.717) is 5.56 Å². The summed E-state index contributed by atoms with van der Waals surface area (Å²) in [6, 6.07) is 3.30. The number of carbonyl (C=O) groups is 4. The summed E-state index contributed by atoms with van der Waals surface area (Å²) >= 11 is 0. The zero-order valence-electron chi connectivity index (χ0n) is 22.5. The molecular weight excluding hydrogens is 484 g/mol. The second kappa shape index (κ2) is 9.96. The molecule has 10 heteroatoms. The van der Waals surface area contributed by atoms with E-state index in [1.165, 1.54) is 34.8 Å². The van der Waals surface area contributed by atoms with Crippen molar-refractivity contribution >= 4 is 23.9 Å². The molecule has 0 heterocycles. The molecule has 1 aromatic rings. The smallest absolute Gasteiger partial charge is 0.315 e. The number of aliphatic hydroxyl groups excluding tert-OH is 1. The third-order valence-electron chi connectivity index (χ3n) is 7.94. The van der Waals surface area contributed by atoms with Gasteiger partial charge in [0.25, 0.3) is 0 Å². The third kappa shape index (κ3) is 4.56. The molecule has 2 aliphatic rings. The molecule has 0 amide bonds. The Morgan fingerprint density at radius 1 is 0.946 bits per heavy atom. The molecule has 10 nitrogen and oxygen atoms in total. The number of hydrogen-bond acceptors (Lipinski definition) is 10. The molecule has 0 saturated heterocycles. The number of rotatable bonds is 5. The fraction of sp³-hybridized carbons (Fsp3) is 0.630. The van der Waals surface area contributed by atoms with Crippen molar-refractivity contribution in [3.63, 3.8) is 0 Å². The molecule has 2 aliphatic carbocycles. The number of phenolic OH excluding ortho intramolecular Hbond substituents is 1. The molecule has 1 fully saturated rings. The van der Waals surface area contributed by atoms with Crippen molar-refractivity contribution in [2.24, 2.45) is 11.3 Å². The minimum absolute atomic E-state index is 0.00888. The lowest BCUT2D eigenvalue weighted by molar-refractivity contribution is -0.229. The van der Waals surface area contributed by atoms with Gasteiger partial charge >= 0.3 is 23.9 Å². The highest BCUT2D eigenvalue weighted by atomic mass is 16.6. The fourth-order valence-corrected chi connectivity index (χ4v) is 6.43. The van der Waals surface area contributed by atoms with Gasteiger partial charge in [0.2, 0.25) is 0 Å². The Balaban J connectivity index is 2.46. The van der Waals surface area contributed by atoms with Crippen LogP contribution in [0.25, 0.3) is 0 Å². The van der Waals surface area contributed by atoms with Gasteiger partial charge in [0.05, 0.1) is 7.11 Å². The van der Waals surface area contributed by atoms with Crippen molar-refractivity contribution in [3.05, 3.63) is 28.8 Å². The minimum atomic E-state index is -1.67. The summed E-state index contributed by atoms with van der Waals surface area (Å²) in [7, 11) is 1.17. The lowest BCUT2D eigenvalue weighted by atomic mass is 9.46. The Bertz CT molecular complexity index is 1110. The zero-order valence-corrected chi connectivity index (χ0v) is 22.5. The number of aliphatic hydroxyl groups is 1. The standard InChI is InChI=1S/C27H36O10/c1-12(2)16-9-17-21(18(31)10-16)26(6)19(35-13(3)28)11-20(36-14(4)29)27(7,25(33)34-8)24(26)23(22(17)32)37-15(5)30/h9-10,12,19-20,22-24,31-32H,11H2,1-8H3/t19-,20+,22-,23-,24-,26+,27+/m0/s1. The molecule has 7 atom stereocenters. The first-order valence-corrected chi connectivity index (χ1v) is 12.3. The summed E-state index contributed by atoms with van der Waals surface area (Å²) in [4.78, 5) is 50.1. The van der Waals surface area contributed by atoms with Gasteiger partial charge in [-0.3, -0.25) is 19.2 Å². The van der Waals surface area contributed by atoms with Crippen LogP contribution in [0.15, 0.2) is 12.1 Å². The largest absolute Gasteiger partial charge is 0.508 e. The topological polar surface area (TPSA) is 146 Å². The number of hydrogen-bond donors (Lipinski definition) is 2. The molecule has 1 saturated carbocycles. The van der Waals surface area contributed by atoms with E-state index >= 15 is 0 Å².